The van der Waals surface area contributed by atoms with Crippen LogP contribution in [-0.2, 0) is 0 Å². The van der Waals surface area contributed by atoms with Crippen molar-refractivity contribution in [3.63, 3.8) is 0 Å². The van der Waals surface area contributed by atoms with Crippen molar-refractivity contribution < 1.29 is 9.59 Å². The minimum atomic E-state index is -0.673. The van der Waals surface area contributed by atoms with Gasteiger partial charge in [-0.25, -0.2) is 14.8 Å². The van der Waals surface area contributed by atoms with Gasteiger partial charge in [-0.2, -0.15) is 5.10 Å². The smallest absolute Gasteiger partial charge is 0.317 e. The molecule has 0 saturated carbocycles. The highest BCUT2D eigenvalue weighted by Gasteiger charge is 2.31. The van der Waals surface area contributed by atoms with Crippen molar-refractivity contribution in [1.82, 2.24) is 30.4 Å². The van der Waals surface area contributed by atoms with E-state index in [1.54, 1.807) is 26.5 Å². The lowest BCUT2D eigenvalue weighted by Gasteiger charge is -2.40. The number of rotatable bonds is 5. The second kappa shape index (κ2) is 8.11. The van der Waals surface area contributed by atoms with Gasteiger partial charge >= 0.3 is 6.03 Å². The zero-order chi connectivity index (χ0) is 20.3. The molecule has 5 N–H and O–H groups in total. The third-order valence-corrected chi connectivity index (χ3v) is 4.75. The van der Waals surface area contributed by atoms with E-state index in [0.717, 1.165) is 19.4 Å². The van der Waals surface area contributed by atoms with Gasteiger partial charge in [0.25, 0.3) is 5.91 Å². The summed E-state index contributed by atoms with van der Waals surface area (Å²) >= 11 is 0. The van der Waals surface area contributed by atoms with E-state index in [4.69, 9.17) is 5.73 Å². The number of aromatic nitrogens is 4. The predicted molar refractivity (Wildman–Crippen MR) is 104 cm³/mol. The van der Waals surface area contributed by atoms with Gasteiger partial charge in [0.05, 0.1) is 24.1 Å². The summed E-state index contributed by atoms with van der Waals surface area (Å²) in [5.74, 6) is 0.193. The first kappa shape index (κ1) is 19.4. The highest BCUT2D eigenvalue weighted by Crippen LogP contribution is 2.26. The molecule has 1 aliphatic rings. The molecule has 0 unspecified atom stereocenters. The number of amides is 3. The zero-order valence-corrected chi connectivity index (χ0v) is 16.1. The number of anilines is 3. The number of hydrogen-bond acceptors (Lipinski definition) is 7. The van der Waals surface area contributed by atoms with Gasteiger partial charge in [-0.3, -0.25) is 9.89 Å². The van der Waals surface area contributed by atoms with E-state index in [1.165, 1.54) is 11.1 Å². The van der Waals surface area contributed by atoms with Gasteiger partial charge in [0.15, 0.2) is 11.5 Å². The summed E-state index contributed by atoms with van der Waals surface area (Å²) in [6.07, 6.45) is 6.51. The molecule has 2 atom stereocenters. The molecule has 2 aromatic heterocycles. The fourth-order valence-corrected chi connectivity index (χ4v) is 3.19. The molecule has 2 aromatic rings. The van der Waals surface area contributed by atoms with E-state index < -0.39 is 5.91 Å². The van der Waals surface area contributed by atoms with Crippen LogP contribution in [-0.4, -0.2) is 69.7 Å². The molecule has 3 amide bonds. The topological polar surface area (TPSA) is 145 Å². The number of hydrogen-bond donors (Lipinski definition) is 4. The first-order chi connectivity index (χ1) is 13.4. The maximum atomic E-state index is 12.0. The molecule has 0 aromatic carbocycles. The molecule has 1 aliphatic heterocycles. The Balaban J connectivity index is 1.85. The quantitative estimate of drug-likeness (QED) is 0.590. The Hall–Kier alpha value is -3.37. The second-order valence-corrected chi connectivity index (χ2v) is 6.93. The lowest BCUT2D eigenvalue weighted by molar-refractivity contribution is 0.0996. The predicted octanol–water partition coefficient (Wildman–Crippen LogP) is 0.671. The normalized spacial score (nSPS) is 19.2. The van der Waals surface area contributed by atoms with Crippen molar-refractivity contribution in [2.24, 2.45) is 5.73 Å². The van der Waals surface area contributed by atoms with Crippen LogP contribution in [0.5, 0.6) is 0 Å². The molecule has 11 heteroatoms. The summed E-state index contributed by atoms with van der Waals surface area (Å²) < 4.78 is 0. The van der Waals surface area contributed by atoms with E-state index in [2.05, 4.69) is 35.7 Å². The lowest BCUT2D eigenvalue weighted by Crippen LogP contribution is -2.56. The molecule has 0 radical (unpaired) electrons. The molecule has 150 valence electrons. The average molecular weight is 387 g/mol. The number of piperidine rings is 1. The lowest BCUT2D eigenvalue weighted by atomic mass is 9.97. The van der Waals surface area contributed by atoms with E-state index in [9.17, 15) is 9.59 Å². The number of nitrogens with zero attached hydrogens (tertiary/aromatic N) is 5. The van der Waals surface area contributed by atoms with Crippen molar-refractivity contribution in [3.8, 4) is 0 Å². The Morgan fingerprint density at radius 3 is 2.79 bits per heavy atom. The van der Waals surface area contributed by atoms with E-state index in [-0.39, 0.29) is 29.6 Å². The Labute approximate surface area is 162 Å². The number of primary amides is 1. The van der Waals surface area contributed by atoms with Crippen LogP contribution in [0.15, 0.2) is 18.6 Å². The third-order valence-electron chi connectivity index (χ3n) is 4.75. The summed E-state index contributed by atoms with van der Waals surface area (Å²) in [5, 5.41) is 12.6. The molecule has 0 bridgehead atoms. The van der Waals surface area contributed by atoms with Crippen LogP contribution in [0, 0.1) is 0 Å². The van der Waals surface area contributed by atoms with Crippen molar-refractivity contribution >= 4 is 29.3 Å². The van der Waals surface area contributed by atoms with Gasteiger partial charge in [0.2, 0.25) is 0 Å². The zero-order valence-electron chi connectivity index (χ0n) is 16.1. The van der Waals surface area contributed by atoms with E-state index in [0.29, 0.717) is 11.5 Å². The van der Waals surface area contributed by atoms with Gasteiger partial charge in [0, 0.05) is 32.9 Å². The minimum absolute atomic E-state index is 0.00755. The number of urea groups is 1. The molecule has 3 rings (SSSR count). The maximum absolute atomic E-state index is 12.0. The largest absolute Gasteiger partial charge is 0.364 e. The van der Waals surface area contributed by atoms with Crippen LogP contribution < -0.4 is 21.3 Å². The van der Waals surface area contributed by atoms with Crippen molar-refractivity contribution in [3.05, 3.63) is 24.3 Å². The number of carbonyl (C=O) groups is 2. The van der Waals surface area contributed by atoms with Crippen LogP contribution in [0.1, 0.15) is 30.3 Å². The number of aromatic amines is 1. The standard InChI is InChI=1S/C17H25N9O2/c1-10-12(23-17(28)25(2)3)5-4-6-26(10)13-9-19-14(15(18)27)16(24-13)22-11-7-20-21-8-11/h7-10,12H,4-6H2,1-3H3,(H2,18,27)(H,20,21)(H,22,24)(H,23,28)/t10-,12-/m1/s1. The van der Waals surface area contributed by atoms with Crippen LogP contribution in [0.3, 0.4) is 0 Å². The molecular weight excluding hydrogens is 362 g/mol. The number of nitrogens with one attached hydrogen (secondary N) is 3. The summed E-state index contributed by atoms with van der Waals surface area (Å²) in [6.45, 7) is 2.80. The van der Waals surface area contributed by atoms with Gasteiger partial charge in [-0.05, 0) is 19.8 Å². The van der Waals surface area contributed by atoms with Crippen molar-refractivity contribution in [2.45, 2.75) is 31.8 Å². The van der Waals surface area contributed by atoms with Gasteiger partial charge in [-0.15, -0.1) is 0 Å². The molecule has 11 nitrogen and oxygen atoms in total. The van der Waals surface area contributed by atoms with E-state index in [1.807, 2.05) is 6.92 Å². The molecule has 1 saturated heterocycles. The molecule has 0 spiro atoms. The number of carbonyl (C=O) groups excluding carboxylic acids is 2. The first-order valence-electron chi connectivity index (χ1n) is 9.04. The van der Waals surface area contributed by atoms with Crippen molar-refractivity contribution in [2.75, 3.05) is 30.9 Å². The molecule has 0 aliphatic carbocycles. The highest BCUT2D eigenvalue weighted by molar-refractivity contribution is 5.96. The van der Waals surface area contributed by atoms with Crippen LogP contribution in [0.2, 0.25) is 0 Å². The maximum Gasteiger partial charge on any atom is 0.317 e. The number of nitrogens with two attached hydrogens (primary N) is 1. The highest BCUT2D eigenvalue weighted by atomic mass is 16.2. The Kier molecular flexibility index (Phi) is 5.62. The fraction of sp³-hybridized carbons (Fsp3) is 0.471. The van der Waals surface area contributed by atoms with Gasteiger partial charge in [0.1, 0.15) is 5.82 Å². The van der Waals surface area contributed by atoms with E-state index >= 15 is 0 Å². The summed E-state index contributed by atoms with van der Waals surface area (Å²) in [5.41, 5.74) is 6.12. The number of H-pyrrole nitrogens is 1. The minimum Gasteiger partial charge on any atom is -0.364 e. The van der Waals surface area contributed by atoms with Gasteiger partial charge in [-0.1, -0.05) is 0 Å². The molecule has 3 heterocycles. The Bertz CT molecular complexity index is 837. The van der Waals surface area contributed by atoms with Crippen LogP contribution in [0.4, 0.5) is 22.1 Å². The van der Waals surface area contributed by atoms with Crippen molar-refractivity contribution in [1.29, 1.82) is 0 Å². The molecule has 1 fully saturated rings. The Morgan fingerprint density at radius 2 is 2.14 bits per heavy atom. The monoisotopic (exact) mass is 387 g/mol. The average Bonchev–Trinajstić information content (AvgIpc) is 3.16. The second-order valence-electron chi connectivity index (χ2n) is 6.93. The molecular formula is C17H25N9O2. The van der Waals surface area contributed by atoms with Crippen LogP contribution >= 0.6 is 0 Å². The molecule has 28 heavy (non-hydrogen) atoms. The summed E-state index contributed by atoms with van der Waals surface area (Å²) in [4.78, 5) is 36.2. The summed E-state index contributed by atoms with van der Waals surface area (Å²) in [7, 11) is 3.42. The van der Waals surface area contributed by atoms with Crippen LogP contribution in [0.25, 0.3) is 0 Å². The summed E-state index contributed by atoms with van der Waals surface area (Å²) in [6, 6.07) is -0.143. The SMILES string of the molecule is C[C@@H]1[C@H](NC(=O)N(C)C)CCCN1c1cnc(C(N)=O)c(Nc2cn[nH]c2)n1. The third kappa shape index (κ3) is 4.13. The van der Waals surface area contributed by atoms with Gasteiger partial charge < -0.3 is 26.2 Å². The first-order valence-corrected chi connectivity index (χ1v) is 9.04. The fourth-order valence-electron chi connectivity index (χ4n) is 3.19. The Morgan fingerprint density at radius 1 is 1.36 bits per heavy atom.